The lowest BCUT2D eigenvalue weighted by Gasteiger charge is -2.45. The molecule has 0 radical (unpaired) electrons. The minimum Gasteiger partial charge on any atom is -0.358 e. The molecule has 0 bridgehead atoms. The highest BCUT2D eigenvalue weighted by molar-refractivity contribution is 7.89. The maximum absolute atomic E-state index is 13.5. The largest absolute Gasteiger partial charge is 0.358 e. The quantitative estimate of drug-likeness (QED) is 0.673. The molecule has 3 aliphatic rings. The zero-order valence-corrected chi connectivity index (χ0v) is 19.8. The fraction of sp³-hybridized carbons (Fsp3) is 0.458. The van der Waals surface area contributed by atoms with Crippen LogP contribution in [0.3, 0.4) is 0 Å². The van der Waals surface area contributed by atoms with Gasteiger partial charge in [-0.25, -0.2) is 8.42 Å². The normalized spacial score (nSPS) is 20.7. The van der Waals surface area contributed by atoms with E-state index in [-0.39, 0.29) is 35.8 Å². The molecule has 2 fully saturated rings. The third-order valence-corrected chi connectivity index (χ3v) is 8.69. The summed E-state index contributed by atoms with van der Waals surface area (Å²) < 4.78 is 27.9. The number of pyridine rings is 1. The number of carbonyl (C=O) groups is 2. The Kier molecular flexibility index (Phi) is 6.26. The monoisotopic (exact) mass is 483 g/mol. The molecule has 10 heteroatoms. The van der Waals surface area contributed by atoms with Crippen molar-refractivity contribution in [3.63, 3.8) is 0 Å². The van der Waals surface area contributed by atoms with Crippen molar-refractivity contribution in [2.24, 2.45) is 0 Å². The molecule has 0 saturated carbocycles. The second-order valence-electron chi connectivity index (χ2n) is 8.99. The van der Waals surface area contributed by atoms with E-state index in [1.54, 1.807) is 30.5 Å². The van der Waals surface area contributed by atoms with Gasteiger partial charge in [0.2, 0.25) is 21.8 Å². The fourth-order valence-corrected chi connectivity index (χ4v) is 6.57. The number of anilines is 2. The maximum Gasteiger partial charge on any atom is 0.250 e. The molecule has 0 aliphatic carbocycles. The average molecular weight is 484 g/mol. The number of benzene rings is 1. The van der Waals surface area contributed by atoms with Crippen molar-refractivity contribution >= 4 is 33.2 Å². The van der Waals surface area contributed by atoms with Gasteiger partial charge in [-0.15, -0.1) is 0 Å². The lowest BCUT2D eigenvalue weighted by atomic mass is 9.96. The van der Waals surface area contributed by atoms with E-state index in [1.807, 2.05) is 12.1 Å². The third kappa shape index (κ3) is 4.27. The summed E-state index contributed by atoms with van der Waals surface area (Å²) in [6, 6.07) is 10.1. The Bertz CT molecular complexity index is 1180. The summed E-state index contributed by atoms with van der Waals surface area (Å²) in [4.78, 5) is 34.2. The van der Waals surface area contributed by atoms with Gasteiger partial charge in [0.05, 0.1) is 28.5 Å². The second kappa shape index (κ2) is 9.34. The number of carbonyl (C=O) groups excluding carboxylic acids is 2. The van der Waals surface area contributed by atoms with Gasteiger partial charge >= 0.3 is 0 Å². The van der Waals surface area contributed by atoms with E-state index in [4.69, 9.17) is 0 Å². The van der Waals surface area contributed by atoms with Gasteiger partial charge in [-0.1, -0.05) is 6.07 Å². The minimum atomic E-state index is -3.65. The number of amides is 2. The highest BCUT2D eigenvalue weighted by Crippen LogP contribution is 2.41. The van der Waals surface area contributed by atoms with Crippen LogP contribution in [0.5, 0.6) is 0 Å². The zero-order valence-electron chi connectivity index (χ0n) is 19.0. The highest BCUT2D eigenvalue weighted by Gasteiger charge is 2.41. The molecule has 1 atom stereocenters. The lowest BCUT2D eigenvalue weighted by molar-refractivity contribution is -0.125. The maximum atomic E-state index is 13.5. The van der Waals surface area contributed by atoms with Crippen molar-refractivity contribution in [2.45, 2.75) is 49.6 Å². The van der Waals surface area contributed by atoms with Crippen molar-refractivity contribution in [3.05, 3.63) is 48.3 Å². The second-order valence-corrected chi connectivity index (χ2v) is 10.9. The lowest BCUT2D eigenvalue weighted by Crippen LogP contribution is -2.57. The van der Waals surface area contributed by atoms with Crippen LogP contribution in [0.25, 0.3) is 0 Å². The van der Waals surface area contributed by atoms with E-state index in [2.05, 4.69) is 15.2 Å². The van der Waals surface area contributed by atoms with E-state index < -0.39 is 10.0 Å². The minimum absolute atomic E-state index is 0.157. The molecule has 0 spiro atoms. The van der Waals surface area contributed by atoms with Crippen LogP contribution in [0.2, 0.25) is 0 Å². The highest BCUT2D eigenvalue weighted by atomic mass is 32.2. The SMILES string of the molecule is O=C(CN1C(=O)[C@H]2CCCCN2c2ccc(S(=O)(=O)N3CCCC3)cc21)NCc1ccccn1. The Labute approximate surface area is 199 Å². The molecule has 5 rings (SSSR count). The molecule has 2 saturated heterocycles. The number of fused-ring (bicyclic) bond motifs is 3. The van der Waals surface area contributed by atoms with Crippen molar-refractivity contribution in [2.75, 3.05) is 36.0 Å². The van der Waals surface area contributed by atoms with Crippen LogP contribution in [0.15, 0.2) is 47.5 Å². The summed E-state index contributed by atoms with van der Waals surface area (Å²) in [6.07, 6.45) is 6.00. The molecular weight excluding hydrogens is 454 g/mol. The number of sulfonamides is 1. The topological polar surface area (TPSA) is 103 Å². The molecule has 1 aromatic heterocycles. The van der Waals surface area contributed by atoms with Gasteiger partial charge in [0, 0.05) is 25.8 Å². The van der Waals surface area contributed by atoms with E-state index in [0.717, 1.165) is 50.0 Å². The van der Waals surface area contributed by atoms with Gasteiger partial charge in [0.25, 0.3) is 0 Å². The molecule has 0 unspecified atom stereocenters. The third-order valence-electron chi connectivity index (χ3n) is 6.80. The average Bonchev–Trinajstić information content (AvgIpc) is 3.42. The molecule has 3 aliphatic heterocycles. The Morgan fingerprint density at radius 1 is 1.03 bits per heavy atom. The number of hydrogen-bond acceptors (Lipinski definition) is 6. The first-order valence-corrected chi connectivity index (χ1v) is 13.3. The van der Waals surface area contributed by atoms with E-state index >= 15 is 0 Å². The van der Waals surface area contributed by atoms with Crippen LogP contribution in [0.4, 0.5) is 11.4 Å². The predicted octanol–water partition coefficient (Wildman–Crippen LogP) is 1.89. The van der Waals surface area contributed by atoms with Gasteiger partial charge in [0.1, 0.15) is 12.6 Å². The van der Waals surface area contributed by atoms with Gasteiger partial charge in [-0.2, -0.15) is 4.31 Å². The molecule has 180 valence electrons. The molecule has 9 nitrogen and oxygen atoms in total. The summed E-state index contributed by atoms with van der Waals surface area (Å²) in [6.45, 7) is 1.84. The first kappa shape index (κ1) is 22.8. The first-order valence-electron chi connectivity index (χ1n) is 11.8. The summed E-state index contributed by atoms with van der Waals surface area (Å²) in [7, 11) is -3.65. The zero-order chi connectivity index (χ0) is 23.7. The van der Waals surface area contributed by atoms with Gasteiger partial charge < -0.3 is 10.2 Å². The van der Waals surface area contributed by atoms with Gasteiger partial charge in [-0.05, 0) is 62.4 Å². The number of hydrogen-bond donors (Lipinski definition) is 1. The molecule has 1 aromatic carbocycles. The van der Waals surface area contributed by atoms with E-state index in [0.29, 0.717) is 18.8 Å². The van der Waals surface area contributed by atoms with E-state index in [9.17, 15) is 18.0 Å². The Morgan fingerprint density at radius 2 is 1.82 bits per heavy atom. The standard InChI is InChI=1S/C24H29N5O4S/c30-23(26-16-18-7-1-3-11-25-18)17-29-22-15-19(34(32,33)27-12-5-6-13-27)9-10-20(22)28-14-4-2-8-21(28)24(29)31/h1,3,7,9-11,15,21H,2,4-6,8,12-14,16-17H2,(H,26,30)/t21-/m1/s1. The molecule has 34 heavy (non-hydrogen) atoms. The van der Waals surface area contributed by atoms with Crippen LogP contribution >= 0.6 is 0 Å². The Morgan fingerprint density at radius 3 is 2.59 bits per heavy atom. The summed E-state index contributed by atoms with van der Waals surface area (Å²) in [5.74, 6) is -0.474. The number of piperidine rings is 1. The van der Waals surface area contributed by atoms with Crippen LogP contribution in [-0.4, -0.2) is 61.7 Å². The Balaban J connectivity index is 1.45. The summed E-state index contributed by atoms with van der Waals surface area (Å²) in [5.41, 5.74) is 2.01. The summed E-state index contributed by atoms with van der Waals surface area (Å²) >= 11 is 0. The van der Waals surface area contributed by atoms with Crippen LogP contribution < -0.4 is 15.1 Å². The van der Waals surface area contributed by atoms with Gasteiger partial charge in [-0.3, -0.25) is 19.5 Å². The number of nitrogens with zero attached hydrogens (tertiary/aromatic N) is 4. The van der Waals surface area contributed by atoms with Crippen molar-refractivity contribution < 1.29 is 18.0 Å². The molecule has 4 heterocycles. The first-order chi connectivity index (χ1) is 16.4. The fourth-order valence-electron chi connectivity index (χ4n) is 5.03. The van der Waals surface area contributed by atoms with Crippen LogP contribution in [-0.2, 0) is 26.2 Å². The van der Waals surface area contributed by atoms with E-state index in [1.165, 1.54) is 9.21 Å². The van der Waals surface area contributed by atoms with Crippen molar-refractivity contribution in [1.29, 1.82) is 0 Å². The molecular formula is C24H29N5O4S. The predicted molar refractivity (Wildman–Crippen MR) is 128 cm³/mol. The van der Waals surface area contributed by atoms with Crippen LogP contribution in [0.1, 0.15) is 37.8 Å². The van der Waals surface area contributed by atoms with Crippen molar-refractivity contribution in [3.8, 4) is 0 Å². The molecule has 2 amide bonds. The van der Waals surface area contributed by atoms with Crippen molar-refractivity contribution in [1.82, 2.24) is 14.6 Å². The molecule has 2 aromatic rings. The number of aromatic nitrogens is 1. The Hall–Kier alpha value is -2.98. The number of nitrogens with one attached hydrogen (secondary N) is 1. The van der Waals surface area contributed by atoms with Gasteiger partial charge in [0.15, 0.2) is 0 Å². The van der Waals surface area contributed by atoms with Crippen LogP contribution in [0, 0.1) is 0 Å². The summed E-state index contributed by atoms with van der Waals surface area (Å²) in [5, 5.41) is 2.82. The number of rotatable bonds is 6. The molecule has 1 N–H and O–H groups in total. The smallest absolute Gasteiger partial charge is 0.250 e.